The Kier molecular flexibility index (Phi) is 4.17. The van der Waals surface area contributed by atoms with Gasteiger partial charge in [0.2, 0.25) is 0 Å². The van der Waals surface area contributed by atoms with Crippen molar-refractivity contribution >= 4 is 32.2 Å². The summed E-state index contributed by atoms with van der Waals surface area (Å²) in [4.78, 5) is 0.198. The molecule has 0 amide bonds. The monoisotopic (exact) mass is 337 g/mol. The molecule has 0 radical (unpaired) electrons. The summed E-state index contributed by atoms with van der Waals surface area (Å²) in [6.45, 7) is 1.90. The van der Waals surface area contributed by atoms with Gasteiger partial charge in [-0.1, -0.05) is 45.8 Å². The fourth-order valence-corrected chi connectivity index (χ4v) is 2.77. The fraction of sp³-hybridized carbons (Fsp3) is 0.0714. The van der Waals surface area contributed by atoms with Crippen LogP contribution in [0.3, 0.4) is 0 Å². The number of rotatable bonds is 3. The van der Waals surface area contributed by atoms with Crippen LogP contribution >= 0.6 is 15.9 Å². The summed E-state index contributed by atoms with van der Waals surface area (Å²) in [6.07, 6.45) is 1.35. The van der Waals surface area contributed by atoms with Crippen LogP contribution in [0.5, 0.6) is 0 Å². The van der Waals surface area contributed by atoms with Crippen LogP contribution in [-0.4, -0.2) is 14.6 Å². The average molecular weight is 338 g/mol. The summed E-state index contributed by atoms with van der Waals surface area (Å²) in [7, 11) is -3.63. The molecule has 0 heterocycles. The second-order valence-corrected chi connectivity index (χ2v) is 6.63. The summed E-state index contributed by atoms with van der Waals surface area (Å²) < 4.78 is 28.6. The Morgan fingerprint density at radius 1 is 1.11 bits per heavy atom. The van der Waals surface area contributed by atoms with Crippen LogP contribution in [0.1, 0.15) is 11.1 Å². The van der Waals surface area contributed by atoms with Crippen molar-refractivity contribution in [3.63, 3.8) is 0 Å². The lowest BCUT2D eigenvalue weighted by atomic mass is 10.2. The molecule has 0 atom stereocenters. The lowest BCUT2D eigenvalue weighted by Gasteiger charge is -1.99. The molecule has 0 bridgehead atoms. The van der Waals surface area contributed by atoms with Crippen LogP contribution in [0, 0.1) is 6.92 Å². The molecule has 3 nitrogen and oxygen atoms in total. The van der Waals surface area contributed by atoms with Gasteiger partial charge in [-0.15, -0.1) is 0 Å². The highest BCUT2D eigenvalue weighted by molar-refractivity contribution is 9.10. The van der Waals surface area contributed by atoms with Gasteiger partial charge in [0.1, 0.15) is 0 Å². The molecular weight excluding hydrogens is 326 g/mol. The predicted molar refractivity (Wildman–Crippen MR) is 80.1 cm³/mol. The Hall–Kier alpha value is -1.46. The third-order valence-electron chi connectivity index (χ3n) is 2.51. The first-order chi connectivity index (χ1) is 8.97. The number of hydrogen-bond acceptors (Lipinski definition) is 2. The van der Waals surface area contributed by atoms with E-state index in [0.717, 1.165) is 15.6 Å². The van der Waals surface area contributed by atoms with Gasteiger partial charge in [-0.05, 0) is 36.8 Å². The van der Waals surface area contributed by atoms with Crippen molar-refractivity contribution in [2.45, 2.75) is 11.8 Å². The molecular formula is C14H12BrNO2S. The van der Waals surface area contributed by atoms with Crippen molar-refractivity contribution in [3.8, 4) is 0 Å². The number of benzene rings is 2. The Balaban J connectivity index is 2.29. The molecule has 98 valence electrons. The van der Waals surface area contributed by atoms with E-state index in [2.05, 4.69) is 20.3 Å². The topological polar surface area (TPSA) is 46.5 Å². The first-order valence-electron chi connectivity index (χ1n) is 5.60. The molecule has 2 rings (SSSR count). The molecule has 19 heavy (non-hydrogen) atoms. The number of nitrogens with zero attached hydrogens (tertiary/aromatic N) is 1. The lowest BCUT2D eigenvalue weighted by Crippen LogP contribution is -1.97. The predicted octanol–water partition coefficient (Wildman–Crippen LogP) is 3.57. The standard InChI is InChI=1S/C14H12BrNO2S/c1-11-5-7-14(8-6-11)19(17,18)16-10-12-3-2-4-13(15)9-12/h2-10H,1H3/b16-10-. The van der Waals surface area contributed by atoms with Gasteiger partial charge in [0.15, 0.2) is 0 Å². The minimum absolute atomic E-state index is 0.198. The molecule has 0 aliphatic carbocycles. The molecule has 0 unspecified atom stereocenters. The zero-order chi connectivity index (χ0) is 13.9. The summed E-state index contributed by atoms with van der Waals surface area (Å²) >= 11 is 3.32. The van der Waals surface area contributed by atoms with E-state index in [1.165, 1.54) is 6.21 Å². The van der Waals surface area contributed by atoms with Crippen LogP contribution in [0.2, 0.25) is 0 Å². The van der Waals surface area contributed by atoms with E-state index < -0.39 is 10.0 Å². The maximum Gasteiger partial charge on any atom is 0.282 e. The van der Waals surface area contributed by atoms with E-state index in [0.29, 0.717) is 0 Å². The summed E-state index contributed by atoms with van der Waals surface area (Å²) in [5.74, 6) is 0. The Labute approximate surface area is 121 Å². The SMILES string of the molecule is Cc1ccc(S(=O)(=O)/N=C\c2cccc(Br)c2)cc1. The number of hydrogen-bond donors (Lipinski definition) is 0. The summed E-state index contributed by atoms with van der Waals surface area (Å²) in [6, 6.07) is 13.9. The van der Waals surface area contributed by atoms with Crippen molar-refractivity contribution in [1.29, 1.82) is 0 Å². The zero-order valence-corrected chi connectivity index (χ0v) is 12.6. The summed E-state index contributed by atoms with van der Waals surface area (Å²) in [5, 5.41) is 0. The van der Waals surface area contributed by atoms with Gasteiger partial charge >= 0.3 is 0 Å². The van der Waals surface area contributed by atoms with Crippen molar-refractivity contribution < 1.29 is 8.42 Å². The smallest absolute Gasteiger partial charge is 0.199 e. The van der Waals surface area contributed by atoms with Gasteiger partial charge < -0.3 is 0 Å². The van der Waals surface area contributed by atoms with E-state index >= 15 is 0 Å². The average Bonchev–Trinajstić information content (AvgIpc) is 2.37. The summed E-state index contributed by atoms with van der Waals surface area (Å²) in [5.41, 5.74) is 1.74. The lowest BCUT2D eigenvalue weighted by molar-refractivity contribution is 0.598. The first kappa shape index (κ1) is 14.0. The molecule has 0 saturated heterocycles. The highest BCUT2D eigenvalue weighted by atomic mass is 79.9. The van der Waals surface area contributed by atoms with Crippen LogP contribution in [0.15, 0.2) is 62.3 Å². The van der Waals surface area contributed by atoms with Crippen LogP contribution in [0.25, 0.3) is 0 Å². The quantitative estimate of drug-likeness (QED) is 0.804. The van der Waals surface area contributed by atoms with Crippen molar-refractivity contribution in [1.82, 2.24) is 0 Å². The highest BCUT2D eigenvalue weighted by Crippen LogP contribution is 2.14. The molecule has 0 saturated carbocycles. The zero-order valence-electron chi connectivity index (χ0n) is 10.2. The Morgan fingerprint density at radius 3 is 2.42 bits per heavy atom. The van der Waals surface area contributed by atoms with Gasteiger partial charge in [-0.3, -0.25) is 0 Å². The maximum absolute atomic E-state index is 12.0. The molecule has 5 heteroatoms. The molecule has 0 N–H and O–H groups in total. The minimum atomic E-state index is -3.63. The Bertz CT molecular complexity index is 706. The minimum Gasteiger partial charge on any atom is -0.199 e. The molecule has 0 spiro atoms. The van der Waals surface area contributed by atoms with Gasteiger partial charge in [0.05, 0.1) is 4.90 Å². The molecule has 2 aromatic rings. The molecule has 0 aliphatic rings. The van der Waals surface area contributed by atoms with Crippen molar-refractivity contribution in [3.05, 3.63) is 64.1 Å². The van der Waals surface area contributed by atoms with E-state index in [1.54, 1.807) is 36.4 Å². The van der Waals surface area contributed by atoms with E-state index in [1.807, 2.05) is 19.1 Å². The Morgan fingerprint density at radius 2 is 1.79 bits per heavy atom. The number of halogens is 1. The normalized spacial score (nSPS) is 11.9. The van der Waals surface area contributed by atoms with Crippen molar-refractivity contribution in [2.75, 3.05) is 0 Å². The molecule has 2 aromatic carbocycles. The number of aryl methyl sites for hydroxylation is 1. The molecule has 0 aromatic heterocycles. The van der Waals surface area contributed by atoms with Crippen LogP contribution in [0.4, 0.5) is 0 Å². The number of sulfonamides is 1. The molecule has 0 aliphatic heterocycles. The van der Waals surface area contributed by atoms with Gasteiger partial charge in [0, 0.05) is 10.7 Å². The third-order valence-corrected chi connectivity index (χ3v) is 4.25. The first-order valence-corrected chi connectivity index (χ1v) is 7.83. The van der Waals surface area contributed by atoms with Crippen LogP contribution < -0.4 is 0 Å². The second-order valence-electron chi connectivity index (χ2n) is 4.08. The van der Waals surface area contributed by atoms with Gasteiger partial charge in [0.25, 0.3) is 10.0 Å². The largest absolute Gasteiger partial charge is 0.282 e. The highest BCUT2D eigenvalue weighted by Gasteiger charge is 2.10. The van der Waals surface area contributed by atoms with Gasteiger partial charge in [-0.2, -0.15) is 12.8 Å². The fourth-order valence-electron chi connectivity index (χ4n) is 1.49. The van der Waals surface area contributed by atoms with Gasteiger partial charge in [-0.25, -0.2) is 0 Å². The van der Waals surface area contributed by atoms with Crippen LogP contribution in [-0.2, 0) is 10.0 Å². The van der Waals surface area contributed by atoms with E-state index in [-0.39, 0.29) is 4.90 Å². The van der Waals surface area contributed by atoms with E-state index in [9.17, 15) is 8.42 Å². The van der Waals surface area contributed by atoms with E-state index in [4.69, 9.17) is 0 Å². The molecule has 0 fully saturated rings. The third kappa shape index (κ3) is 3.75. The van der Waals surface area contributed by atoms with Crippen molar-refractivity contribution in [2.24, 2.45) is 4.40 Å². The second kappa shape index (κ2) is 5.67. The maximum atomic E-state index is 12.0.